The van der Waals surface area contributed by atoms with Crippen LogP contribution in [0.15, 0.2) is 0 Å². The first-order valence-corrected chi connectivity index (χ1v) is 7.49. The fourth-order valence-corrected chi connectivity index (χ4v) is 2.62. The molecule has 0 bridgehead atoms. The second kappa shape index (κ2) is 6.85. The van der Waals surface area contributed by atoms with E-state index in [1.54, 1.807) is 0 Å². The van der Waals surface area contributed by atoms with Gasteiger partial charge in [0, 0.05) is 51.9 Å². The van der Waals surface area contributed by atoms with Crippen molar-refractivity contribution in [2.45, 2.75) is 38.8 Å². The van der Waals surface area contributed by atoms with Crippen molar-refractivity contribution in [1.82, 2.24) is 15.1 Å². The van der Waals surface area contributed by atoms with Gasteiger partial charge in [0.25, 0.3) is 0 Å². The molecule has 1 aliphatic carbocycles. The lowest BCUT2D eigenvalue weighted by Crippen LogP contribution is -2.50. The minimum atomic E-state index is -0.206. The SMILES string of the molecule is CC(C)CN1CCN(CC(O)CNC2CC2)CC1. The number of aliphatic hydroxyl groups is 1. The van der Waals surface area contributed by atoms with Crippen molar-refractivity contribution >= 4 is 0 Å². The zero-order valence-electron chi connectivity index (χ0n) is 11.9. The van der Waals surface area contributed by atoms with Crippen LogP contribution in [-0.4, -0.2) is 72.9 Å². The van der Waals surface area contributed by atoms with E-state index in [9.17, 15) is 5.11 Å². The lowest BCUT2D eigenvalue weighted by atomic mass is 10.2. The molecule has 0 amide bonds. The normalized spacial score (nSPS) is 24.7. The average Bonchev–Trinajstić information content (AvgIpc) is 3.12. The van der Waals surface area contributed by atoms with Gasteiger partial charge in [0.1, 0.15) is 0 Å². The molecule has 0 aromatic rings. The third kappa shape index (κ3) is 5.22. The Morgan fingerprint density at radius 1 is 1.06 bits per heavy atom. The summed E-state index contributed by atoms with van der Waals surface area (Å²) in [4.78, 5) is 4.94. The van der Waals surface area contributed by atoms with Gasteiger partial charge >= 0.3 is 0 Å². The molecule has 1 unspecified atom stereocenters. The molecule has 2 aliphatic rings. The second-order valence-electron chi connectivity index (χ2n) is 6.33. The molecule has 1 saturated carbocycles. The minimum absolute atomic E-state index is 0.206. The van der Waals surface area contributed by atoms with Crippen molar-refractivity contribution in [1.29, 1.82) is 0 Å². The second-order valence-corrected chi connectivity index (χ2v) is 6.33. The van der Waals surface area contributed by atoms with Gasteiger partial charge in [-0.2, -0.15) is 0 Å². The quantitative estimate of drug-likeness (QED) is 0.689. The smallest absolute Gasteiger partial charge is 0.0791 e. The number of hydrogen-bond acceptors (Lipinski definition) is 4. The van der Waals surface area contributed by atoms with Crippen molar-refractivity contribution in [2.75, 3.05) is 45.8 Å². The third-order valence-corrected chi connectivity index (χ3v) is 3.78. The molecule has 0 radical (unpaired) electrons. The Kier molecular flexibility index (Phi) is 5.42. The Balaban J connectivity index is 1.57. The van der Waals surface area contributed by atoms with Crippen molar-refractivity contribution in [2.24, 2.45) is 5.92 Å². The zero-order chi connectivity index (χ0) is 13.0. The fraction of sp³-hybridized carbons (Fsp3) is 1.00. The predicted octanol–water partition coefficient (Wildman–Crippen LogP) is 0.373. The number of nitrogens with one attached hydrogen (secondary N) is 1. The molecule has 1 aliphatic heterocycles. The van der Waals surface area contributed by atoms with Gasteiger partial charge in [-0.1, -0.05) is 13.8 Å². The zero-order valence-corrected chi connectivity index (χ0v) is 11.9. The van der Waals surface area contributed by atoms with E-state index in [1.807, 2.05) is 0 Å². The highest BCUT2D eigenvalue weighted by molar-refractivity contribution is 4.83. The summed E-state index contributed by atoms with van der Waals surface area (Å²) in [6.07, 6.45) is 2.38. The molecule has 2 fully saturated rings. The highest BCUT2D eigenvalue weighted by Gasteiger charge is 2.23. The molecule has 2 rings (SSSR count). The molecule has 18 heavy (non-hydrogen) atoms. The minimum Gasteiger partial charge on any atom is -0.390 e. The van der Waals surface area contributed by atoms with Gasteiger partial charge in [-0.05, 0) is 18.8 Å². The fourth-order valence-electron chi connectivity index (χ4n) is 2.62. The van der Waals surface area contributed by atoms with Gasteiger partial charge in [-0.3, -0.25) is 4.90 Å². The number of nitrogens with zero attached hydrogens (tertiary/aromatic N) is 2. The molecule has 106 valence electrons. The first-order valence-electron chi connectivity index (χ1n) is 7.49. The van der Waals surface area contributed by atoms with E-state index in [1.165, 1.54) is 19.4 Å². The Morgan fingerprint density at radius 2 is 1.61 bits per heavy atom. The van der Waals surface area contributed by atoms with Gasteiger partial charge in [0.2, 0.25) is 0 Å². The highest BCUT2D eigenvalue weighted by atomic mass is 16.3. The summed E-state index contributed by atoms with van der Waals surface area (Å²) in [7, 11) is 0. The average molecular weight is 255 g/mol. The molecule has 4 nitrogen and oxygen atoms in total. The summed E-state index contributed by atoms with van der Waals surface area (Å²) < 4.78 is 0. The molecule has 4 heteroatoms. The molecular formula is C14H29N3O. The number of aliphatic hydroxyl groups excluding tert-OH is 1. The van der Waals surface area contributed by atoms with Gasteiger partial charge in [-0.15, -0.1) is 0 Å². The molecule has 1 saturated heterocycles. The van der Waals surface area contributed by atoms with Crippen molar-refractivity contribution in [3.05, 3.63) is 0 Å². The van der Waals surface area contributed by atoms with Crippen LogP contribution in [0, 0.1) is 5.92 Å². The van der Waals surface area contributed by atoms with E-state index < -0.39 is 0 Å². The lowest BCUT2D eigenvalue weighted by Gasteiger charge is -2.36. The van der Waals surface area contributed by atoms with Crippen LogP contribution in [0.5, 0.6) is 0 Å². The van der Waals surface area contributed by atoms with Gasteiger partial charge < -0.3 is 15.3 Å². The molecule has 0 aromatic carbocycles. The Labute approximate surface area is 111 Å². The maximum absolute atomic E-state index is 9.97. The molecule has 0 spiro atoms. The van der Waals surface area contributed by atoms with E-state index in [0.717, 1.165) is 45.2 Å². The van der Waals surface area contributed by atoms with Gasteiger partial charge in [0.05, 0.1) is 6.10 Å². The van der Waals surface area contributed by atoms with Crippen LogP contribution < -0.4 is 5.32 Å². The summed E-state index contributed by atoms with van der Waals surface area (Å²) >= 11 is 0. The number of piperazine rings is 1. The first kappa shape index (κ1) is 14.3. The summed E-state index contributed by atoms with van der Waals surface area (Å²) in [5.41, 5.74) is 0. The predicted molar refractivity (Wildman–Crippen MR) is 74.7 cm³/mol. The van der Waals surface area contributed by atoms with Gasteiger partial charge in [0.15, 0.2) is 0 Å². The topological polar surface area (TPSA) is 38.7 Å². The largest absolute Gasteiger partial charge is 0.390 e. The van der Waals surface area contributed by atoms with E-state index in [2.05, 4.69) is 29.0 Å². The van der Waals surface area contributed by atoms with Crippen LogP contribution in [0.4, 0.5) is 0 Å². The van der Waals surface area contributed by atoms with Crippen LogP contribution in [0.2, 0.25) is 0 Å². The van der Waals surface area contributed by atoms with Gasteiger partial charge in [-0.25, -0.2) is 0 Å². The van der Waals surface area contributed by atoms with E-state index in [4.69, 9.17) is 0 Å². The molecule has 0 aromatic heterocycles. The Hall–Kier alpha value is -0.160. The van der Waals surface area contributed by atoms with Crippen LogP contribution in [0.25, 0.3) is 0 Å². The molecule has 1 atom stereocenters. The first-order chi connectivity index (χ1) is 8.63. The van der Waals surface area contributed by atoms with Crippen molar-refractivity contribution in [3.63, 3.8) is 0 Å². The summed E-state index contributed by atoms with van der Waals surface area (Å²) in [6, 6.07) is 0.697. The molecule has 1 heterocycles. The van der Waals surface area contributed by atoms with Crippen LogP contribution in [-0.2, 0) is 0 Å². The number of hydrogen-bond donors (Lipinski definition) is 2. The maximum atomic E-state index is 9.97. The Bertz CT molecular complexity index is 235. The lowest BCUT2D eigenvalue weighted by molar-refractivity contribution is 0.0686. The Morgan fingerprint density at radius 3 is 2.11 bits per heavy atom. The maximum Gasteiger partial charge on any atom is 0.0791 e. The van der Waals surface area contributed by atoms with Crippen LogP contribution in [0.3, 0.4) is 0 Å². The monoisotopic (exact) mass is 255 g/mol. The van der Waals surface area contributed by atoms with Crippen molar-refractivity contribution in [3.8, 4) is 0 Å². The molecule has 2 N–H and O–H groups in total. The van der Waals surface area contributed by atoms with E-state index in [-0.39, 0.29) is 6.10 Å². The van der Waals surface area contributed by atoms with Crippen LogP contribution in [0.1, 0.15) is 26.7 Å². The summed E-state index contributed by atoms with van der Waals surface area (Å²) in [5, 5.41) is 13.4. The third-order valence-electron chi connectivity index (χ3n) is 3.78. The summed E-state index contributed by atoms with van der Waals surface area (Å²) in [5.74, 6) is 0.755. The molecular weight excluding hydrogens is 226 g/mol. The number of β-amino-alcohol motifs (C(OH)–C–C–N with tert-alkyl or cyclic N) is 1. The van der Waals surface area contributed by atoms with E-state index in [0.29, 0.717) is 6.04 Å². The number of rotatable bonds is 7. The van der Waals surface area contributed by atoms with E-state index >= 15 is 0 Å². The standard InChI is InChI=1S/C14H29N3O/c1-12(2)10-16-5-7-17(8-6-16)11-14(18)9-15-13-3-4-13/h12-15,18H,3-11H2,1-2H3. The van der Waals surface area contributed by atoms with Crippen LogP contribution >= 0.6 is 0 Å². The highest BCUT2D eigenvalue weighted by Crippen LogP contribution is 2.18. The van der Waals surface area contributed by atoms with Crippen molar-refractivity contribution < 1.29 is 5.11 Å². The summed E-state index contributed by atoms with van der Waals surface area (Å²) in [6.45, 7) is 11.9.